The summed E-state index contributed by atoms with van der Waals surface area (Å²) in [7, 11) is 0. The largest absolute Gasteiger partial charge is 0.399 e. The summed E-state index contributed by atoms with van der Waals surface area (Å²) >= 11 is 6.09. The predicted molar refractivity (Wildman–Crippen MR) is 86.4 cm³/mol. The van der Waals surface area contributed by atoms with Crippen LogP contribution < -0.4 is 5.73 Å². The minimum atomic E-state index is -0.311. The number of nitrogens with zero attached hydrogens (tertiary/aromatic N) is 2. The summed E-state index contributed by atoms with van der Waals surface area (Å²) in [6.45, 7) is 0.654. The molecular formula is C17H15ClFN3. The smallest absolute Gasteiger partial charge is 0.128 e. The number of imidazole rings is 1. The highest BCUT2D eigenvalue weighted by Crippen LogP contribution is 2.22. The summed E-state index contributed by atoms with van der Waals surface area (Å²) in [6.07, 6.45) is 3.94. The first-order valence-corrected chi connectivity index (χ1v) is 7.28. The Hall–Kier alpha value is -2.33. The molecule has 2 aromatic carbocycles. The number of rotatable bonds is 4. The Morgan fingerprint density at radius 1 is 1.14 bits per heavy atom. The summed E-state index contributed by atoms with van der Waals surface area (Å²) in [6, 6.07) is 12.4. The molecule has 0 radical (unpaired) electrons. The van der Waals surface area contributed by atoms with Crippen LogP contribution >= 0.6 is 11.6 Å². The summed E-state index contributed by atoms with van der Waals surface area (Å²) in [5, 5.41) is 0.419. The molecule has 2 N–H and O–H groups in total. The Bertz CT molecular complexity index is 761. The van der Waals surface area contributed by atoms with Crippen molar-refractivity contribution < 1.29 is 4.39 Å². The van der Waals surface area contributed by atoms with Crippen LogP contribution in [0.1, 0.15) is 17.0 Å². The summed E-state index contributed by atoms with van der Waals surface area (Å²) in [4.78, 5) is 4.32. The average molecular weight is 316 g/mol. The summed E-state index contributed by atoms with van der Waals surface area (Å²) in [5.74, 6) is 0.457. The zero-order valence-corrected chi connectivity index (χ0v) is 12.6. The highest BCUT2D eigenvalue weighted by molar-refractivity contribution is 6.31. The third kappa shape index (κ3) is 3.12. The van der Waals surface area contributed by atoms with Crippen molar-refractivity contribution in [2.24, 2.45) is 0 Å². The van der Waals surface area contributed by atoms with Crippen LogP contribution in [0.4, 0.5) is 10.1 Å². The fourth-order valence-corrected chi connectivity index (χ4v) is 2.56. The molecule has 0 spiro atoms. The first kappa shape index (κ1) is 14.6. The van der Waals surface area contributed by atoms with Crippen LogP contribution in [0.15, 0.2) is 54.9 Å². The van der Waals surface area contributed by atoms with Gasteiger partial charge in [0.1, 0.15) is 11.6 Å². The molecule has 0 aliphatic carbocycles. The number of aromatic nitrogens is 2. The van der Waals surface area contributed by atoms with E-state index in [0.29, 0.717) is 23.6 Å². The number of nitrogens with two attached hydrogens (primary N) is 1. The molecule has 0 atom stereocenters. The number of halogens is 2. The molecule has 0 aliphatic heterocycles. The van der Waals surface area contributed by atoms with Gasteiger partial charge in [0, 0.05) is 41.6 Å². The van der Waals surface area contributed by atoms with Gasteiger partial charge in [-0.2, -0.15) is 0 Å². The molecule has 0 aliphatic rings. The van der Waals surface area contributed by atoms with Gasteiger partial charge in [0.05, 0.1) is 0 Å². The molecule has 0 fully saturated rings. The van der Waals surface area contributed by atoms with E-state index >= 15 is 0 Å². The molecule has 0 amide bonds. The Labute approximate surface area is 133 Å². The third-order valence-corrected chi connectivity index (χ3v) is 3.89. The van der Waals surface area contributed by atoms with E-state index in [4.69, 9.17) is 17.3 Å². The van der Waals surface area contributed by atoms with Gasteiger partial charge in [0.25, 0.3) is 0 Å². The van der Waals surface area contributed by atoms with E-state index in [1.807, 2.05) is 35.0 Å². The first-order valence-electron chi connectivity index (χ1n) is 6.91. The minimum Gasteiger partial charge on any atom is -0.399 e. The van der Waals surface area contributed by atoms with E-state index in [1.54, 1.807) is 18.3 Å². The van der Waals surface area contributed by atoms with Crippen molar-refractivity contribution in [3.8, 4) is 0 Å². The van der Waals surface area contributed by atoms with Crippen LogP contribution in [0, 0.1) is 5.82 Å². The summed E-state index contributed by atoms with van der Waals surface area (Å²) in [5.41, 5.74) is 7.99. The van der Waals surface area contributed by atoms with Crippen LogP contribution in [0.25, 0.3) is 0 Å². The lowest BCUT2D eigenvalue weighted by atomic mass is 10.1. The second-order valence-corrected chi connectivity index (χ2v) is 5.50. The van der Waals surface area contributed by atoms with Gasteiger partial charge in [-0.15, -0.1) is 0 Å². The van der Waals surface area contributed by atoms with Crippen LogP contribution in [-0.4, -0.2) is 9.55 Å². The number of nitrogen functional groups attached to an aromatic ring is 1. The Balaban J connectivity index is 1.85. The fraction of sp³-hybridized carbons (Fsp3) is 0.118. The molecule has 0 saturated carbocycles. The van der Waals surface area contributed by atoms with E-state index < -0.39 is 0 Å². The van der Waals surface area contributed by atoms with Crippen molar-refractivity contribution in [1.82, 2.24) is 9.55 Å². The molecule has 3 aromatic rings. The molecule has 3 rings (SSSR count). The monoisotopic (exact) mass is 315 g/mol. The maximum atomic E-state index is 13.9. The van der Waals surface area contributed by atoms with E-state index in [0.717, 1.165) is 17.1 Å². The molecule has 112 valence electrons. The summed E-state index contributed by atoms with van der Waals surface area (Å²) < 4.78 is 15.9. The standard InChI is InChI=1S/C17H15ClFN3/c18-15-2-1-3-16(19)14(15)10-17-21-8-9-22(17)11-12-4-6-13(20)7-5-12/h1-9H,10-11,20H2. The molecule has 1 heterocycles. The van der Waals surface area contributed by atoms with Gasteiger partial charge in [0.2, 0.25) is 0 Å². The second-order valence-electron chi connectivity index (χ2n) is 5.09. The zero-order valence-electron chi connectivity index (χ0n) is 11.8. The van der Waals surface area contributed by atoms with E-state index in [9.17, 15) is 4.39 Å². The average Bonchev–Trinajstić information content (AvgIpc) is 2.93. The van der Waals surface area contributed by atoms with Crippen LogP contribution in [-0.2, 0) is 13.0 Å². The number of benzene rings is 2. The number of hydrogen-bond acceptors (Lipinski definition) is 2. The lowest BCUT2D eigenvalue weighted by Gasteiger charge is -2.10. The van der Waals surface area contributed by atoms with Crippen molar-refractivity contribution in [2.75, 3.05) is 5.73 Å². The van der Waals surface area contributed by atoms with E-state index in [-0.39, 0.29) is 5.82 Å². The normalized spacial score (nSPS) is 10.8. The Kier molecular flexibility index (Phi) is 4.11. The van der Waals surface area contributed by atoms with Crippen LogP contribution in [0.3, 0.4) is 0 Å². The van der Waals surface area contributed by atoms with Crippen molar-refractivity contribution in [2.45, 2.75) is 13.0 Å². The lowest BCUT2D eigenvalue weighted by molar-refractivity contribution is 0.609. The molecule has 0 unspecified atom stereocenters. The zero-order chi connectivity index (χ0) is 15.5. The first-order chi connectivity index (χ1) is 10.6. The minimum absolute atomic E-state index is 0.311. The topological polar surface area (TPSA) is 43.8 Å². The molecule has 22 heavy (non-hydrogen) atoms. The molecule has 1 aromatic heterocycles. The van der Waals surface area contributed by atoms with Gasteiger partial charge >= 0.3 is 0 Å². The van der Waals surface area contributed by atoms with E-state index in [2.05, 4.69) is 4.98 Å². The van der Waals surface area contributed by atoms with Gasteiger partial charge in [-0.05, 0) is 29.8 Å². The Morgan fingerprint density at radius 3 is 2.64 bits per heavy atom. The van der Waals surface area contributed by atoms with Crippen molar-refractivity contribution in [1.29, 1.82) is 0 Å². The number of anilines is 1. The van der Waals surface area contributed by atoms with Crippen LogP contribution in [0.2, 0.25) is 5.02 Å². The molecular weight excluding hydrogens is 301 g/mol. The fourth-order valence-electron chi connectivity index (χ4n) is 2.33. The molecule has 0 saturated heterocycles. The second kappa shape index (κ2) is 6.20. The quantitative estimate of drug-likeness (QED) is 0.742. The van der Waals surface area contributed by atoms with Gasteiger partial charge in [-0.25, -0.2) is 9.37 Å². The molecule has 0 bridgehead atoms. The lowest BCUT2D eigenvalue weighted by Crippen LogP contribution is -2.06. The van der Waals surface area contributed by atoms with E-state index in [1.165, 1.54) is 6.07 Å². The van der Waals surface area contributed by atoms with Gasteiger partial charge < -0.3 is 10.3 Å². The van der Waals surface area contributed by atoms with Gasteiger partial charge in [0.15, 0.2) is 0 Å². The predicted octanol–water partition coefficient (Wildman–Crippen LogP) is 3.90. The maximum absolute atomic E-state index is 13.9. The van der Waals surface area contributed by atoms with Crippen molar-refractivity contribution in [3.63, 3.8) is 0 Å². The maximum Gasteiger partial charge on any atom is 0.128 e. The van der Waals surface area contributed by atoms with Crippen LogP contribution in [0.5, 0.6) is 0 Å². The highest BCUT2D eigenvalue weighted by atomic mass is 35.5. The number of hydrogen-bond donors (Lipinski definition) is 1. The van der Waals surface area contributed by atoms with Crippen molar-refractivity contribution in [3.05, 3.63) is 82.6 Å². The molecule has 5 heteroatoms. The van der Waals surface area contributed by atoms with Gasteiger partial charge in [-0.3, -0.25) is 0 Å². The third-order valence-electron chi connectivity index (χ3n) is 3.53. The van der Waals surface area contributed by atoms with Crippen molar-refractivity contribution >= 4 is 17.3 Å². The van der Waals surface area contributed by atoms with Gasteiger partial charge in [-0.1, -0.05) is 29.8 Å². The Morgan fingerprint density at radius 2 is 1.91 bits per heavy atom. The molecule has 3 nitrogen and oxygen atoms in total. The SMILES string of the molecule is Nc1ccc(Cn2ccnc2Cc2c(F)cccc2Cl)cc1. The highest BCUT2D eigenvalue weighted by Gasteiger charge is 2.11.